The van der Waals surface area contributed by atoms with Crippen LogP contribution in [0, 0.1) is 12.3 Å². The van der Waals surface area contributed by atoms with Crippen LogP contribution in [-0.4, -0.2) is 80.5 Å². The summed E-state index contributed by atoms with van der Waals surface area (Å²) in [6.07, 6.45) is -0.545. The predicted molar refractivity (Wildman–Crippen MR) is 113 cm³/mol. The van der Waals surface area contributed by atoms with Gasteiger partial charge in [-0.2, -0.15) is 4.98 Å². The highest BCUT2D eigenvalue weighted by atomic mass is 16.6. The smallest absolute Gasteiger partial charge is 0.412 e. The third-order valence-electron chi connectivity index (χ3n) is 3.81. The largest absolute Gasteiger partial charge is 0.462 e. The van der Waals surface area contributed by atoms with Gasteiger partial charge in [-0.1, -0.05) is 0 Å². The lowest BCUT2D eigenvalue weighted by atomic mass is 10.3. The van der Waals surface area contributed by atoms with Crippen LogP contribution in [0.15, 0.2) is 11.0 Å². The van der Waals surface area contributed by atoms with Crippen LogP contribution in [0.1, 0.15) is 18.4 Å². The zero-order valence-electron chi connectivity index (χ0n) is 18.2. The Kier molecular flexibility index (Phi) is 11.8. The van der Waals surface area contributed by atoms with Gasteiger partial charge in [-0.15, -0.1) is 0 Å². The van der Waals surface area contributed by atoms with E-state index < -0.39 is 36.4 Å². The third-order valence-corrected chi connectivity index (χ3v) is 3.81. The van der Waals surface area contributed by atoms with E-state index in [1.54, 1.807) is 21.0 Å². The van der Waals surface area contributed by atoms with Crippen molar-refractivity contribution in [3.05, 3.63) is 22.2 Å². The van der Waals surface area contributed by atoms with Crippen LogP contribution < -0.4 is 27.0 Å². The van der Waals surface area contributed by atoms with E-state index in [0.29, 0.717) is 12.1 Å². The highest BCUT2D eigenvalue weighted by Gasteiger charge is 2.20. The second-order valence-electron chi connectivity index (χ2n) is 6.41. The van der Waals surface area contributed by atoms with Crippen LogP contribution in [0.4, 0.5) is 10.6 Å². The van der Waals surface area contributed by atoms with Gasteiger partial charge in [-0.3, -0.25) is 20.3 Å². The molecule has 0 aliphatic rings. The molecule has 1 rings (SSSR count). The van der Waals surface area contributed by atoms with Crippen molar-refractivity contribution in [2.24, 2.45) is 0 Å². The molecule has 1 atom stereocenters. The molecule has 0 spiro atoms. The summed E-state index contributed by atoms with van der Waals surface area (Å²) in [5, 5.41) is 17.7. The number of hydrogen-bond donors (Lipinski definition) is 6. The minimum atomic E-state index is -1.04. The number of carbonyl (C=O) groups excluding carboxylic acids is 3. The molecule has 1 aromatic rings. The molecule has 0 bridgehead atoms. The normalized spacial score (nSPS) is 11.1. The lowest BCUT2D eigenvalue weighted by molar-refractivity contribution is -0.161. The summed E-state index contributed by atoms with van der Waals surface area (Å²) >= 11 is 0. The number of anilines is 1. The summed E-state index contributed by atoms with van der Waals surface area (Å²) in [6, 6.07) is 0. The van der Waals surface area contributed by atoms with E-state index in [-0.39, 0.29) is 37.8 Å². The summed E-state index contributed by atoms with van der Waals surface area (Å²) in [5.74, 6) is -1.09. The van der Waals surface area contributed by atoms with Gasteiger partial charge < -0.3 is 35.1 Å². The molecular formula is C18H29N7O7. The van der Waals surface area contributed by atoms with Crippen LogP contribution in [0.25, 0.3) is 0 Å². The van der Waals surface area contributed by atoms with Crippen molar-refractivity contribution >= 4 is 29.8 Å². The Morgan fingerprint density at radius 1 is 1.12 bits per heavy atom. The number of esters is 2. The van der Waals surface area contributed by atoms with Crippen LogP contribution in [0.3, 0.4) is 0 Å². The number of aryl methyl sites for hydroxylation is 1. The first-order valence-corrected chi connectivity index (χ1v) is 9.75. The van der Waals surface area contributed by atoms with Gasteiger partial charge in [-0.05, 0) is 14.0 Å². The molecule has 1 aromatic heterocycles. The van der Waals surface area contributed by atoms with Gasteiger partial charge in [0.2, 0.25) is 0 Å². The van der Waals surface area contributed by atoms with Gasteiger partial charge in [0.25, 0.3) is 0 Å². The second kappa shape index (κ2) is 14.3. The number of carbonyl (C=O) groups is 3. The number of guanidine groups is 1. The van der Waals surface area contributed by atoms with Gasteiger partial charge in [-0.25, -0.2) is 9.59 Å². The summed E-state index contributed by atoms with van der Waals surface area (Å²) in [7, 11) is 3.23. The topological polar surface area (TPSA) is 197 Å². The average molecular weight is 455 g/mol. The van der Waals surface area contributed by atoms with E-state index in [0.717, 1.165) is 0 Å². The lowest BCUT2D eigenvalue weighted by Gasteiger charge is -2.18. The Morgan fingerprint density at radius 2 is 1.81 bits per heavy atom. The zero-order chi connectivity index (χ0) is 23.9. The molecule has 14 nitrogen and oxygen atoms in total. The SMILES string of the molecule is CNCCC(=O)OC(COC(=O)CCNC(=N)NC)COC(=O)Nc1nc(=O)[nH]cc1C. The molecule has 0 fully saturated rings. The van der Waals surface area contributed by atoms with E-state index in [4.69, 9.17) is 19.6 Å². The first kappa shape index (κ1) is 26.4. The monoisotopic (exact) mass is 455 g/mol. The zero-order valence-corrected chi connectivity index (χ0v) is 18.2. The minimum Gasteiger partial charge on any atom is -0.462 e. The van der Waals surface area contributed by atoms with Gasteiger partial charge in [0.05, 0.1) is 12.8 Å². The molecule has 0 aliphatic heterocycles. The van der Waals surface area contributed by atoms with Crippen molar-refractivity contribution in [2.45, 2.75) is 25.9 Å². The summed E-state index contributed by atoms with van der Waals surface area (Å²) < 4.78 is 15.3. The van der Waals surface area contributed by atoms with Crippen LogP contribution in [0.5, 0.6) is 0 Å². The van der Waals surface area contributed by atoms with Crippen molar-refractivity contribution in [2.75, 3.05) is 45.7 Å². The minimum absolute atomic E-state index is 0.0207. The highest BCUT2D eigenvalue weighted by Crippen LogP contribution is 2.07. The van der Waals surface area contributed by atoms with Crippen molar-refractivity contribution in [1.29, 1.82) is 5.41 Å². The lowest BCUT2D eigenvalue weighted by Crippen LogP contribution is -2.36. The van der Waals surface area contributed by atoms with Gasteiger partial charge >= 0.3 is 23.7 Å². The maximum Gasteiger partial charge on any atom is 0.412 e. The third kappa shape index (κ3) is 10.9. The molecule has 6 N–H and O–H groups in total. The highest BCUT2D eigenvalue weighted by molar-refractivity contribution is 5.84. The van der Waals surface area contributed by atoms with Gasteiger partial charge in [0.1, 0.15) is 19.0 Å². The number of rotatable bonds is 12. The number of nitrogens with zero attached hydrogens (tertiary/aromatic N) is 1. The Morgan fingerprint density at radius 3 is 2.50 bits per heavy atom. The Hall–Kier alpha value is -3.68. The van der Waals surface area contributed by atoms with Gasteiger partial charge in [0, 0.05) is 31.9 Å². The maximum atomic E-state index is 12.0. The quantitative estimate of drug-likeness (QED) is 0.0960. The standard InChI is InChI=1S/C18H29N7O7/c1-11-8-23-17(28)24-15(11)25-18(29)31-10-12(32-14(27)4-6-20-2)9-30-13(26)5-7-22-16(19)21-3/h8,12,20H,4-7,9-10H2,1-3H3,(H3,19,21,22)(H2,23,24,25,28,29). The van der Waals surface area contributed by atoms with Gasteiger partial charge in [0.15, 0.2) is 12.1 Å². The van der Waals surface area contributed by atoms with Crippen molar-refractivity contribution < 1.29 is 28.6 Å². The summed E-state index contributed by atoms with van der Waals surface area (Å²) in [5.41, 5.74) is -0.140. The average Bonchev–Trinajstić information content (AvgIpc) is 2.76. The number of aromatic amines is 1. The number of H-pyrrole nitrogens is 1. The number of nitrogens with one attached hydrogen (secondary N) is 6. The molecule has 32 heavy (non-hydrogen) atoms. The molecule has 1 unspecified atom stereocenters. The van der Waals surface area contributed by atoms with E-state index in [9.17, 15) is 19.2 Å². The number of amides is 1. The van der Waals surface area contributed by atoms with Crippen molar-refractivity contribution in [3.63, 3.8) is 0 Å². The van der Waals surface area contributed by atoms with Crippen LogP contribution in [0.2, 0.25) is 0 Å². The van der Waals surface area contributed by atoms with Crippen LogP contribution in [-0.2, 0) is 23.8 Å². The van der Waals surface area contributed by atoms with Crippen molar-refractivity contribution in [1.82, 2.24) is 25.9 Å². The number of ether oxygens (including phenoxy) is 3. The summed E-state index contributed by atoms with van der Waals surface area (Å²) in [4.78, 5) is 53.1. The van der Waals surface area contributed by atoms with E-state index in [1.165, 1.54) is 6.20 Å². The van der Waals surface area contributed by atoms with E-state index in [2.05, 4.69) is 31.2 Å². The fraction of sp³-hybridized carbons (Fsp3) is 0.556. The van der Waals surface area contributed by atoms with Crippen LogP contribution >= 0.6 is 0 Å². The summed E-state index contributed by atoms with van der Waals surface area (Å²) in [6.45, 7) is 1.45. The molecule has 0 saturated carbocycles. The molecular weight excluding hydrogens is 426 g/mol. The van der Waals surface area contributed by atoms with Crippen molar-refractivity contribution in [3.8, 4) is 0 Å². The fourth-order valence-corrected chi connectivity index (χ4v) is 2.11. The second-order valence-corrected chi connectivity index (χ2v) is 6.41. The van der Waals surface area contributed by atoms with E-state index in [1.807, 2.05) is 0 Å². The fourth-order valence-electron chi connectivity index (χ4n) is 2.11. The Balaban J connectivity index is 2.58. The molecule has 1 amide bonds. The molecule has 14 heteroatoms. The first-order chi connectivity index (χ1) is 15.2. The molecule has 0 aromatic carbocycles. The molecule has 178 valence electrons. The maximum absolute atomic E-state index is 12.0. The van der Waals surface area contributed by atoms with E-state index >= 15 is 0 Å². The Labute approximate surface area is 184 Å². The number of aromatic nitrogens is 2. The first-order valence-electron chi connectivity index (χ1n) is 9.75. The molecule has 0 aliphatic carbocycles. The Bertz CT molecular complexity index is 843. The molecule has 0 saturated heterocycles. The molecule has 1 heterocycles. The number of hydrogen-bond acceptors (Lipinski definition) is 10. The predicted octanol–water partition coefficient (Wildman–Crippen LogP) is -1.17. The molecule has 0 radical (unpaired) electrons.